The highest BCUT2D eigenvalue weighted by atomic mass is 35.5. The van der Waals surface area contributed by atoms with Crippen LogP contribution in [0.3, 0.4) is 0 Å². The highest BCUT2D eigenvalue weighted by molar-refractivity contribution is 7.89. The summed E-state index contributed by atoms with van der Waals surface area (Å²) >= 11 is 6.16. The van der Waals surface area contributed by atoms with Crippen LogP contribution >= 0.6 is 11.6 Å². The summed E-state index contributed by atoms with van der Waals surface area (Å²) in [5.74, 6) is -1.12. The van der Waals surface area contributed by atoms with E-state index in [9.17, 15) is 18.0 Å². The number of nitrogens with zero attached hydrogens (tertiary/aromatic N) is 2. The van der Waals surface area contributed by atoms with Crippen molar-refractivity contribution in [3.8, 4) is 0 Å². The average Bonchev–Trinajstić information content (AvgIpc) is 3.08. The van der Waals surface area contributed by atoms with E-state index in [4.69, 9.17) is 20.9 Å². The third-order valence-electron chi connectivity index (χ3n) is 5.04. The van der Waals surface area contributed by atoms with Crippen LogP contribution in [0.4, 0.5) is 5.69 Å². The Morgan fingerprint density at radius 1 is 1.23 bits per heavy atom. The first-order chi connectivity index (χ1) is 14.6. The zero-order valence-electron chi connectivity index (χ0n) is 17.5. The molecule has 1 saturated heterocycles. The molecule has 1 aromatic heterocycles. The molecular weight excluding hydrogens is 446 g/mol. The van der Waals surface area contributed by atoms with Gasteiger partial charge in [-0.2, -0.15) is 4.31 Å². The lowest BCUT2D eigenvalue weighted by molar-refractivity contribution is -0.123. The van der Waals surface area contributed by atoms with Crippen molar-refractivity contribution < 1.29 is 27.3 Å². The molecule has 1 fully saturated rings. The topological polar surface area (TPSA) is 119 Å². The monoisotopic (exact) mass is 469 g/mol. The summed E-state index contributed by atoms with van der Waals surface area (Å²) in [5.41, 5.74) is 0.631. The van der Waals surface area contributed by atoms with E-state index in [2.05, 4.69) is 10.5 Å². The van der Waals surface area contributed by atoms with Crippen LogP contribution in [-0.2, 0) is 19.6 Å². The van der Waals surface area contributed by atoms with E-state index in [1.807, 2.05) is 0 Å². The smallest absolute Gasteiger partial charge is 0.344 e. The van der Waals surface area contributed by atoms with Crippen LogP contribution in [0, 0.1) is 13.8 Å². The first kappa shape index (κ1) is 23.2. The second kappa shape index (κ2) is 9.37. The molecule has 11 heteroatoms. The molecule has 0 bridgehead atoms. The third-order valence-corrected chi connectivity index (χ3v) is 7.26. The molecule has 3 rings (SSSR count). The molecule has 0 aliphatic carbocycles. The van der Waals surface area contributed by atoms with E-state index in [0.29, 0.717) is 18.8 Å². The van der Waals surface area contributed by atoms with Gasteiger partial charge in [-0.3, -0.25) is 4.79 Å². The second-order valence-electron chi connectivity index (χ2n) is 7.34. The number of aryl methyl sites for hydroxylation is 2. The van der Waals surface area contributed by atoms with Crippen molar-refractivity contribution in [2.75, 3.05) is 18.4 Å². The van der Waals surface area contributed by atoms with E-state index >= 15 is 0 Å². The zero-order valence-corrected chi connectivity index (χ0v) is 19.0. The standard InChI is InChI=1S/C20H24ClN3O6S/c1-12-18(13(2)30-23-12)20(26)29-14(3)19(25)22-17-11-15(7-8-16(17)21)31(27,28)24-9-5-4-6-10-24/h7-8,11,14H,4-6,9-10H2,1-3H3,(H,22,25). The minimum absolute atomic E-state index is 0.0365. The number of piperidine rings is 1. The van der Waals surface area contributed by atoms with Crippen molar-refractivity contribution in [2.45, 2.75) is 51.0 Å². The van der Waals surface area contributed by atoms with Crippen LogP contribution in [0.25, 0.3) is 0 Å². The summed E-state index contributed by atoms with van der Waals surface area (Å²) in [5, 5.41) is 6.38. The highest BCUT2D eigenvalue weighted by Crippen LogP contribution is 2.28. The van der Waals surface area contributed by atoms with Gasteiger partial charge in [0.05, 0.1) is 21.3 Å². The van der Waals surface area contributed by atoms with E-state index in [-0.39, 0.29) is 26.9 Å². The summed E-state index contributed by atoms with van der Waals surface area (Å²) in [6.07, 6.45) is 1.45. The summed E-state index contributed by atoms with van der Waals surface area (Å²) in [6.45, 7) is 5.47. The van der Waals surface area contributed by atoms with Gasteiger partial charge in [0.2, 0.25) is 10.0 Å². The van der Waals surface area contributed by atoms with Gasteiger partial charge < -0.3 is 14.6 Å². The minimum atomic E-state index is -3.69. The Morgan fingerprint density at radius 3 is 2.52 bits per heavy atom. The molecule has 1 aliphatic heterocycles. The number of hydrogen-bond donors (Lipinski definition) is 1. The molecule has 1 N–H and O–H groups in total. The molecular formula is C20H24ClN3O6S. The molecule has 2 heterocycles. The Labute approximate surface area is 185 Å². The first-order valence-corrected chi connectivity index (χ1v) is 11.7. The summed E-state index contributed by atoms with van der Waals surface area (Å²) in [6, 6.07) is 4.13. The first-order valence-electron chi connectivity index (χ1n) is 9.85. The number of aromatic nitrogens is 1. The fourth-order valence-electron chi connectivity index (χ4n) is 3.30. The van der Waals surface area contributed by atoms with E-state index in [1.165, 1.54) is 29.4 Å². The van der Waals surface area contributed by atoms with Crippen LogP contribution in [0.2, 0.25) is 5.02 Å². The molecule has 0 saturated carbocycles. The largest absolute Gasteiger partial charge is 0.449 e. The van der Waals surface area contributed by atoms with Gasteiger partial charge in [-0.15, -0.1) is 0 Å². The summed E-state index contributed by atoms with van der Waals surface area (Å²) < 4.78 is 37.4. The Hall–Kier alpha value is -2.43. The number of amides is 1. The van der Waals surface area contributed by atoms with Gasteiger partial charge in [0.1, 0.15) is 11.3 Å². The number of sulfonamides is 1. The second-order valence-corrected chi connectivity index (χ2v) is 9.69. The third kappa shape index (κ3) is 5.08. The number of halogens is 1. The maximum atomic E-state index is 12.9. The lowest BCUT2D eigenvalue weighted by Gasteiger charge is -2.26. The Kier molecular flexibility index (Phi) is 7.03. The summed E-state index contributed by atoms with van der Waals surface area (Å²) in [4.78, 5) is 24.9. The van der Waals surface area contributed by atoms with Crippen LogP contribution < -0.4 is 5.32 Å². The lowest BCUT2D eigenvalue weighted by Crippen LogP contribution is -2.35. The van der Waals surface area contributed by atoms with Gasteiger partial charge in [0, 0.05) is 13.1 Å². The number of carbonyl (C=O) groups is 2. The molecule has 0 spiro atoms. The van der Waals surface area contributed by atoms with Crippen molar-refractivity contribution in [3.63, 3.8) is 0 Å². The number of benzene rings is 1. The van der Waals surface area contributed by atoms with Crippen molar-refractivity contribution in [1.29, 1.82) is 0 Å². The van der Waals surface area contributed by atoms with Crippen LogP contribution in [0.5, 0.6) is 0 Å². The van der Waals surface area contributed by atoms with Crippen LogP contribution in [0.15, 0.2) is 27.6 Å². The SMILES string of the molecule is Cc1noc(C)c1C(=O)OC(C)C(=O)Nc1cc(S(=O)(=O)N2CCCCC2)ccc1Cl. The van der Waals surface area contributed by atoms with Gasteiger partial charge in [-0.1, -0.05) is 23.2 Å². The molecule has 1 amide bonds. The maximum absolute atomic E-state index is 12.9. The number of nitrogens with one attached hydrogen (secondary N) is 1. The summed E-state index contributed by atoms with van der Waals surface area (Å²) in [7, 11) is -3.69. The minimum Gasteiger partial charge on any atom is -0.449 e. The van der Waals surface area contributed by atoms with Crippen LogP contribution in [-0.4, -0.2) is 48.9 Å². The molecule has 9 nitrogen and oxygen atoms in total. The van der Waals surface area contributed by atoms with Gasteiger partial charge in [-0.05, 0) is 51.8 Å². The number of rotatable bonds is 6. The highest BCUT2D eigenvalue weighted by Gasteiger charge is 2.28. The van der Waals surface area contributed by atoms with E-state index < -0.39 is 28.0 Å². The number of anilines is 1. The van der Waals surface area contributed by atoms with Crippen molar-refractivity contribution in [3.05, 3.63) is 40.2 Å². The number of carbonyl (C=O) groups excluding carboxylic acids is 2. The number of ether oxygens (including phenoxy) is 1. The molecule has 1 atom stereocenters. The molecule has 0 radical (unpaired) electrons. The molecule has 2 aromatic rings. The zero-order chi connectivity index (χ0) is 22.8. The molecule has 1 unspecified atom stereocenters. The number of esters is 1. The van der Waals surface area contributed by atoms with Crippen molar-refractivity contribution in [1.82, 2.24) is 9.46 Å². The Balaban J connectivity index is 1.73. The van der Waals surface area contributed by atoms with Gasteiger partial charge >= 0.3 is 5.97 Å². The van der Waals surface area contributed by atoms with E-state index in [1.54, 1.807) is 13.8 Å². The normalized spacial score (nSPS) is 16.0. The van der Waals surface area contributed by atoms with Crippen molar-refractivity contribution in [2.24, 2.45) is 0 Å². The van der Waals surface area contributed by atoms with Gasteiger partial charge in [-0.25, -0.2) is 13.2 Å². The molecule has 168 valence electrons. The number of hydrogen-bond acceptors (Lipinski definition) is 7. The van der Waals surface area contributed by atoms with Gasteiger partial charge in [0.25, 0.3) is 5.91 Å². The van der Waals surface area contributed by atoms with Crippen molar-refractivity contribution >= 4 is 39.2 Å². The predicted molar refractivity (Wildman–Crippen MR) is 114 cm³/mol. The molecule has 1 aliphatic rings. The predicted octanol–water partition coefficient (Wildman–Crippen LogP) is 3.30. The van der Waals surface area contributed by atoms with E-state index in [0.717, 1.165) is 19.3 Å². The lowest BCUT2D eigenvalue weighted by atomic mass is 10.2. The Morgan fingerprint density at radius 2 is 1.90 bits per heavy atom. The molecule has 1 aromatic carbocycles. The fraction of sp³-hybridized carbons (Fsp3) is 0.450. The van der Waals surface area contributed by atoms with Gasteiger partial charge in [0.15, 0.2) is 6.10 Å². The average molecular weight is 470 g/mol. The Bertz CT molecular complexity index is 1070. The fourth-order valence-corrected chi connectivity index (χ4v) is 5.01. The maximum Gasteiger partial charge on any atom is 0.344 e. The molecule has 31 heavy (non-hydrogen) atoms. The quantitative estimate of drug-likeness (QED) is 0.644. The van der Waals surface area contributed by atoms with Crippen LogP contribution in [0.1, 0.15) is 48.0 Å².